The smallest absolute Gasteiger partial charge is 0.223 e. The summed E-state index contributed by atoms with van der Waals surface area (Å²) in [6.07, 6.45) is 0. The fourth-order valence-corrected chi connectivity index (χ4v) is 2.58. The number of rotatable bonds is 4. The number of hydrogen-bond donors (Lipinski definition) is 2. The quantitative estimate of drug-likeness (QED) is 0.864. The van der Waals surface area contributed by atoms with Crippen LogP contribution in [0.4, 0.5) is 11.8 Å². The zero-order valence-corrected chi connectivity index (χ0v) is 11.1. The van der Waals surface area contributed by atoms with Crippen molar-refractivity contribution in [3.8, 4) is 0 Å². The van der Waals surface area contributed by atoms with Crippen molar-refractivity contribution in [1.29, 1.82) is 0 Å². The van der Waals surface area contributed by atoms with Crippen LogP contribution in [0.3, 0.4) is 0 Å². The molecule has 0 fully saturated rings. The minimum absolute atomic E-state index is 0.308. The van der Waals surface area contributed by atoms with E-state index in [1.807, 2.05) is 25.5 Å². The van der Waals surface area contributed by atoms with Crippen molar-refractivity contribution < 1.29 is 0 Å². The molecule has 2 rings (SSSR count). The molecule has 3 N–H and O–H groups in total. The molecule has 1 atom stereocenters. The molecule has 5 nitrogen and oxygen atoms in total. The van der Waals surface area contributed by atoms with Gasteiger partial charge in [0.25, 0.3) is 0 Å². The third kappa shape index (κ3) is 2.83. The van der Waals surface area contributed by atoms with Crippen molar-refractivity contribution in [2.75, 3.05) is 31.7 Å². The molecule has 0 radical (unpaired) electrons. The van der Waals surface area contributed by atoms with Crippen molar-refractivity contribution >= 4 is 33.3 Å². The Balaban J connectivity index is 2.25. The second-order valence-corrected chi connectivity index (χ2v) is 5.27. The Morgan fingerprint density at radius 1 is 1.47 bits per heavy atom. The predicted octanol–water partition coefficient (Wildman–Crippen LogP) is 1.64. The van der Waals surface area contributed by atoms with Crippen LogP contribution in [0, 0.1) is 0 Å². The molecule has 0 amide bonds. The van der Waals surface area contributed by atoms with Crippen LogP contribution < -0.4 is 11.1 Å². The van der Waals surface area contributed by atoms with E-state index < -0.39 is 0 Å². The molecule has 0 aliphatic heterocycles. The molecule has 2 aromatic heterocycles. The van der Waals surface area contributed by atoms with E-state index in [1.165, 1.54) is 0 Å². The van der Waals surface area contributed by atoms with Crippen LogP contribution in [0.15, 0.2) is 11.4 Å². The van der Waals surface area contributed by atoms with Crippen LogP contribution in [0.2, 0.25) is 0 Å². The first kappa shape index (κ1) is 12.1. The normalized spacial score (nSPS) is 13.2. The van der Waals surface area contributed by atoms with Gasteiger partial charge in [0.2, 0.25) is 5.95 Å². The summed E-state index contributed by atoms with van der Waals surface area (Å²) in [5.41, 5.74) is 5.69. The van der Waals surface area contributed by atoms with E-state index in [-0.39, 0.29) is 0 Å². The summed E-state index contributed by atoms with van der Waals surface area (Å²) in [6, 6.07) is 2.33. The molecule has 2 heterocycles. The lowest BCUT2D eigenvalue weighted by Crippen LogP contribution is -2.30. The predicted molar refractivity (Wildman–Crippen MR) is 73.5 cm³/mol. The van der Waals surface area contributed by atoms with Gasteiger partial charge in [0.05, 0.1) is 5.39 Å². The number of fused-ring (bicyclic) bond motifs is 1. The van der Waals surface area contributed by atoms with Gasteiger partial charge in [-0.25, -0.2) is 4.98 Å². The molecule has 2 aromatic rings. The molecule has 0 spiro atoms. The van der Waals surface area contributed by atoms with Crippen molar-refractivity contribution in [3.05, 3.63) is 11.4 Å². The van der Waals surface area contributed by atoms with Gasteiger partial charge in [-0.3, -0.25) is 0 Å². The van der Waals surface area contributed by atoms with Crippen molar-refractivity contribution in [3.63, 3.8) is 0 Å². The number of anilines is 2. The highest BCUT2D eigenvalue weighted by Crippen LogP contribution is 2.26. The lowest BCUT2D eigenvalue weighted by Gasteiger charge is -2.19. The summed E-state index contributed by atoms with van der Waals surface area (Å²) in [5, 5.41) is 6.41. The summed E-state index contributed by atoms with van der Waals surface area (Å²) in [5.74, 6) is 1.14. The first-order valence-electron chi connectivity index (χ1n) is 5.48. The molecular weight excluding hydrogens is 234 g/mol. The fourth-order valence-electron chi connectivity index (χ4n) is 1.81. The molecular formula is C11H17N5S. The first-order valence-corrected chi connectivity index (χ1v) is 6.36. The van der Waals surface area contributed by atoms with Crippen LogP contribution in [-0.4, -0.2) is 41.5 Å². The fraction of sp³-hybridized carbons (Fsp3) is 0.455. The summed E-state index contributed by atoms with van der Waals surface area (Å²) in [6.45, 7) is 3.06. The number of likely N-dealkylation sites (N-methyl/N-ethyl adjacent to an activating group) is 1. The third-order valence-corrected chi connectivity index (χ3v) is 3.17. The molecule has 0 aromatic carbocycles. The van der Waals surface area contributed by atoms with Gasteiger partial charge < -0.3 is 16.0 Å². The molecule has 92 valence electrons. The Kier molecular flexibility index (Phi) is 3.44. The van der Waals surface area contributed by atoms with Gasteiger partial charge in [-0.15, -0.1) is 11.3 Å². The monoisotopic (exact) mass is 251 g/mol. The standard InChI is InChI=1S/C11H17N5S/c1-7(6-16(2)3)13-9-8-4-5-17-10(8)15-11(12)14-9/h4-5,7H,6H2,1-3H3,(H3,12,13,14,15). The number of nitrogens with zero attached hydrogens (tertiary/aromatic N) is 3. The Morgan fingerprint density at radius 2 is 2.24 bits per heavy atom. The first-order chi connectivity index (χ1) is 8.06. The van der Waals surface area contributed by atoms with Crippen LogP contribution >= 0.6 is 11.3 Å². The lowest BCUT2D eigenvalue weighted by atomic mass is 10.3. The summed E-state index contributed by atoms with van der Waals surface area (Å²) in [7, 11) is 4.10. The van der Waals surface area contributed by atoms with Crippen molar-refractivity contribution in [2.45, 2.75) is 13.0 Å². The lowest BCUT2D eigenvalue weighted by molar-refractivity contribution is 0.392. The number of nitrogens with two attached hydrogens (primary N) is 1. The van der Waals surface area contributed by atoms with Gasteiger partial charge in [-0.2, -0.15) is 4.98 Å². The SMILES string of the molecule is CC(CN(C)C)Nc1nc(N)nc2sccc12. The van der Waals surface area contributed by atoms with Gasteiger partial charge in [-0.1, -0.05) is 0 Å². The van der Waals surface area contributed by atoms with Gasteiger partial charge >= 0.3 is 0 Å². The highest BCUT2D eigenvalue weighted by Gasteiger charge is 2.10. The van der Waals surface area contributed by atoms with E-state index in [9.17, 15) is 0 Å². The minimum Gasteiger partial charge on any atom is -0.368 e. The highest BCUT2D eigenvalue weighted by atomic mass is 32.1. The molecule has 0 saturated heterocycles. The zero-order chi connectivity index (χ0) is 12.4. The Hall–Kier alpha value is -1.40. The van der Waals surface area contributed by atoms with Gasteiger partial charge in [0, 0.05) is 12.6 Å². The second-order valence-electron chi connectivity index (χ2n) is 4.38. The Labute approximate surface area is 105 Å². The number of nitrogen functional groups attached to an aromatic ring is 1. The molecule has 0 aliphatic carbocycles. The minimum atomic E-state index is 0.308. The van der Waals surface area contributed by atoms with Gasteiger partial charge in [0.15, 0.2) is 0 Å². The van der Waals surface area contributed by atoms with Crippen LogP contribution in [0.5, 0.6) is 0 Å². The average molecular weight is 251 g/mol. The molecule has 6 heteroatoms. The van der Waals surface area contributed by atoms with E-state index in [1.54, 1.807) is 11.3 Å². The van der Waals surface area contributed by atoms with Gasteiger partial charge in [-0.05, 0) is 32.5 Å². The number of thiophene rings is 1. The molecule has 0 aliphatic rings. The molecule has 0 bridgehead atoms. The largest absolute Gasteiger partial charge is 0.368 e. The maximum absolute atomic E-state index is 5.69. The number of nitrogens with one attached hydrogen (secondary N) is 1. The van der Waals surface area contributed by atoms with Crippen LogP contribution in [-0.2, 0) is 0 Å². The number of aromatic nitrogens is 2. The maximum atomic E-state index is 5.69. The average Bonchev–Trinajstić information content (AvgIpc) is 2.63. The van der Waals surface area contributed by atoms with Crippen LogP contribution in [0.1, 0.15) is 6.92 Å². The van der Waals surface area contributed by atoms with Crippen molar-refractivity contribution in [2.24, 2.45) is 0 Å². The molecule has 1 unspecified atom stereocenters. The molecule has 0 saturated carbocycles. The Morgan fingerprint density at radius 3 is 2.94 bits per heavy atom. The summed E-state index contributed by atoms with van der Waals surface area (Å²) in [4.78, 5) is 11.5. The second kappa shape index (κ2) is 4.85. The van der Waals surface area contributed by atoms with E-state index in [4.69, 9.17) is 5.73 Å². The third-order valence-electron chi connectivity index (χ3n) is 2.36. The topological polar surface area (TPSA) is 67.1 Å². The zero-order valence-electron chi connectivity index (χ0n) is 10.3. The summed E-state index contributed by atoms with van der Waals surface area (Å²) >= 11 is 1.58. The van der Waals surface area contributed by atoms with E-state index in [0.29, 0.717) is 12.0 Å². The highest BCUT2D eigenvalue weighted by molar-refractivity contribution is 7.16. The van der Waals surface area contributed by atoms with Crippen LogP contribution in [0.25, 0.3) is 10.2 Å². The molecule has 17 heavy (non-hydrogen) atoms. The number of hydrogen-bond acceptors (Lipinski definition) is 6. The van der Waals surface area contributed by atoms with E-state index >= 15 is 0 Å². The summed E-state index contributed by atoms with van der Waals surface area (Å²) < 4.78 is 0. The van der Waals surface area contributed by atoms with Gasteiger partial charge in [0.1, 0.15) is 10.6 Å². The Bertz CT molecular complexity index is 508. The maximum Gasteiger partial charge on any atom is 0.223 e. The van der Waals surface area contributed by atoms with E-state index in [2.05, 4.69) is 27.1 Å². The van der Waals surface area contributed by atoms with E-state index in [0.717, 1.165) is 22.6 Å². The van der Waals surface area contributed by atoms with Crippen molar-refractivity contribution in [1.82, 2.24) is 14.9 Å².